The second kappa shape index (κ2) is 30.2. The third-order valence-corrected chi connectivity index (χ3v) is 8.51. The van der Waals surface area contributed by atoms with Gasteiger partial charge < -0.3 is 9.47 Å². The van der Waals surface area contributed by atoms with Gasteiger partial charge in [0.25, 0.3) is 0 Å². The predicted molar refractivity (Wildman–Crippen MR) is 184 cm³/mol. The van der Waals surface area contributed by atoms with Crippen LogP contribution in [0.3, 0.4) is 0 Å². The number of esters is 1. The first-order valence-electron chi connectivity index (χ1n) is 18.6. The molecule has 0 unspecified atom stereocenters. The summed E-state index contributed by atoms with van der Waals surface area (Å²) in [4.78, 5) is 24.7. The molecule has 0 fully saturated rings. The highest BCUT2D eigenvalue weighted by atomic mass is 16.5. The van der Waals surface area contributed by atoms with Crippen LogP contribution in [0.2, 0.25) is 0 Å². The molecule has 0 amide bonds. The average molecular weight is 601 g/mol. The summed E-state index contributed by atoms with van der Waals surface area (Å²) in [6.45, 7) is 5.09. The Morgan fingerprint density at radius 3 is 1.30 bits per heavy atom. The molecular weight excluding hydrogens is 532 g/mol. The first kappa shape index (κ1) is 39.2. The van der Waals surface area contributed by atoms with Crippen molar-refractivity contribution in [1.82, 2.24) is 0 Å². The van der Waals surface area contributed by atoms with Crippen LogP contribution in [0.15, 0.2) is 29.1 Å². The average Bonchev–Trinajstić information content (AvgIpc) is 3.18. The fourth-order valence-corrected chi connectivity index (χ4v) is 5.67. The van der Waals surface area contributed by atoms with Crippen LogP contribution in [0.1, 0.15) is 194 Å². The summed E-state index contributed by atoms with van der Waals surface area (Å²) in [6.07, 6.45) is 35.5. The molecule has 4 heteroatoms. The van der Waals surface area contributed by atoms with E-state index in [2.05, 4.69) is 13.8 Å². The van der Waals surface area contributed by atoms with Crippen molar-refractivity contribution >= 4 is 5.97 Å². The van der Waals surface area contributed by atoms with Gasteiger partial charge in [-0.2, -0.15) is 0 Å². The summed E-state index contributed by atoms with van der Waals surface area (Å²) >= 11 is 0. The summed E-state index contributed by atoms with van der Waals surface area (Å²) in [6, 6.07) is 6.32. The van der Waals surface area contributed by atoms with Crippen LogP contribution in [0.4, 0.5) is 0 Å². The lowest BCUT2D eigenvalue weighted by molar-refractivity contribution is -0.134. The lowest BCUT2D eigenvalue weighted by Gasteiger charge is -2.05. The number of unbranched alkanes of at least 4 members (excludes halogenated alkanes) is 25. The summed E-state index contributed by atoms with van der Waals surface area (Å²) < 4.78 is 11.2. The zero-order valence-electron chi connectivity index (χ0n) is 28.4. The van der Waals surface area contributed by atoms with Crippen LogP contribution in [0.5, 0.6) is 11.5 Å². The second-order valence-electron chi connectivity index (χ2n) is 12.7. The van der Waals surface area contributed by atoms with E-state index in [4.69, 9.17) is 9.47 Å². The highest BCUT2D eigenvalue weighted by Crippen LogP contribution is 2.16. The molecule has 0 saturated heterocycles. The fraction of sp³-hybridized carbons (Fsp3) is 0.795. The van der Waals surface area contributed by atoms with Crippen molar-refractivity contribution in [3.8, 4) is 11.5 Å². The largest absolute Gasteiger partial charge is 0.489 e. The Bertz CT molecular complexity index is 821. The van der Waals surface area contributed by atoms with E-state index in [1.165, 1.54) is 154 Å². The summed E-state index contributed by atoms with van der Waals surface area (Å²) in [5, 5.41) is 0. The minimum Gasteiger partial charge on any atom is -0.489 e. The van der Waals surface area contributed by atoms with Gasteiger partial charge in [0.1, 0.15) is 5.75 Å². The lowest BCUT2D eigenvalue weighted by atomic mass is 10.0. The van der Waals surface area contributed by atoms with Crippen LogP contribution in [-0.4, -0.2) is 12.6 Å². The van der Waals surface area contributed by atoms with Crippen LogP contribution >= 0.6 is 0 Å². The van der Waals surface area contributed by atoms with Gasteiger partial charge in [-0.3, -0.25) is 9.59 Å². The van der Waals surface area contributed by atoms with Crippen LogP contribution in [0, 0.1) is 0 Å². The molecule has 0 aliphatic carbocycles. The minimum absolute atomic E-state index is 0.177. The molecule has 1 aromatic rings. The molecule has 0 spiro atoms. The zero-order valence-corrected chi connectivity index (χ0v) is 28.4. The fourth-order valence-electron chi connectivity index (χ4n) is 5.67. The molecule has 0 aromatic heterocycles. The number of ether oxygens (including phenoxy) is 2. The van der Waals surface area contributed by atoms with Gasteiger partial charge in [-0.25, -0.2) is 0 Å². The predicted octanol–water partition coefficient (Wildman–Crippen LogP) is 12.3. The van der Waals surface area contributed by atoms with Crippen LogP contribution in [0.25, 0.3) is 0 Å². The first-order valence-corrected chi connectivity index (χ1v) is 18.6. The summed E-state index contributed by atoms with van der Waals surface area (Å²) in [5.74, 6) is 0.503. The molecule has 43 heavy (non-hydrogen) atoms. The topological polar surface area (TPSA) is 52.6 Å². The molecule has 248 valence electrons. The maximum atomic E-state index is 12.4. The molecule has 4 nitrogen and oxygen atoms in total. The van der Waals surface area contributed by atoms with E-state index in [1.54, 1.807) is 18.2 Å². The molecule has 1 rings (SSSR count). The van der Waals surface area contributed by atoms with E-state index in [0.717, 1.165) is 25.7 Å². The first-order chi connectivity index (χ1) is 21.2. The number of rotatable bonds is 31. The Hall–Kier alpha value is -1.84. The summed E-state index contributed by atoms with van der Waals surface area (Å²) in [7, 11) is 0. The Morgan fingerprint density at radius 2 is 0.860 bits per heavy atom. The van der Waals surface area contributed by atoms with E-state index in [9.17, 15) is 9.59 Å². The zero-order chi connectivity index (χ0) is 31.1. The van der Waals surface area contributed by atoms with Gasteiger partial charge in [0.2, 0.25) is 5.43 Å². The van der Waals surface area contributed by atoms with Crippen molar-refractivity contribution in [3.63, 3.8) is 0 Å². The van der Waals surface area contributed by atoms with Crippen molar-refractivity contribution in [2.75, 3.05) is 6.61 Å². The molecule has 1 aromatic carbocycles. The second-order valence-corrected chi connectivity index (χ2v) is 12.7. The van der Waals surface area contributed by atoms with E-state index in [0.29, 0.717) is 24.5 Å². The van der Waals surface area contributed by atoms with E-state index < -0.39 is 0 Å². The van der Waals surface area contributed by atoms with Crippen molar-refractivity contribution in [1.29, 1.82) is 0 Å². The van der Waals surface area contributed by atoms with Gasteiger partial charge in [0, 0.05) is 6.42 Å². The van der Waals surface area contributed by atoms with Gasteiger partial charge in [-0.15, -0.1) is 0 Å². The maximum absolute atomic E-state index is 12.4. The molecule has 0 aliphatic rings. The minimum atomic E-state index is -0.229. The van der Waals surface area contributed by atoms with Gasteiger partial charge in [0.15, 0.2) is 5.75 Å². The molecular formula is C39H68O4. The Balaban J connectivity index is 2.03. The van der Waals surface area contributed by atoms with Gasteiger partial charge in [-0.1, -0.05) is 174 Å². The number of carbonyl (C=O) groups is 1. The number of carbonyl (C=O) groups excluding carboxylic acids is 1. The monoisotopic (exact) mass is 601 g/mol. The number of hydrogen-bond donors (Lipinski definition) is 0. The van der Waals surface area contributed by atoms with E-state index in [1.807, 2.05) is 0 Å². The molecule has 0 atom stereocenters. The quantitative estimate of drug-likeness (QED) is 0.0628. The molecule has 0 N–H and O–H groups in total. The lowest BCUT2D eigenvalue weighted by Crippen LogP contribution is -2.07. The van der Waals surface area contributed by atoms with Crippen molar-refractivity contribution in [3.05, 3.63) is 34.5 Å². The molecule has 0 bridgehead atoms. The SMILES string of the molecule is CCCCCCCCCCCCCCCCCC(=O)Oc1ccc(OCCCCCCCCCCCCCC)c(=O)cc1. The van der Waals surface area contributed by atoms with Gasteiger partial charge in [-0.05, 0) is 37.1 Å². The van der Waals surface area contributed by atoms with Crippen LogP contribution in [-0.2, 0) is 4.79 Å². The highest BCUT2D eigenvalue weighted by Gasteiger charge is 2.06. The maximum Gasteiger partial charge on any atom is 0.311 e. The molecule has 0 radical (unpaired) electrons. The van der Waals surface area contributed by atoms with Crippen LogP contribution < -0.4 is 14.9 Å². The summed E-state index contributed by atoms with van der Waals surface area (Å²) in [5.41, 5.74) is -0.177. The Labute approximate surface area is 266 Å². The Kier molecular flexibility index (Phi) is 27.5. The van der Waals surface area contributed by atoms with Crippen molar-refractivity contribution < 1.29 is 14.3 Å². The normalized spacial score (nSPS) is 11.1. The highest BCUT2D eigenvalue weighted by molar-refractivity contribution is 5.72. The van der Waals surface area contributed by atoms with E-state index >= 15 is 0 Å². The van der Waals surface area contributed by atoms with Gasteiger partial charge >= 0.3 is 5.97 Å². The number of hydrogen-bond acceptors (Lipinski definition) is 4. The standard InChI is InChI=1S/C39H68O4/c1-3-5-7-9-11-13-15-17-18-19-20-22-24-26-28-30-39(41)43-36-31-33-37(40)38(34-32-36)42-35-29-27-25-23-21-16-14-12-10-8-6-4-2/h31-34H,3-30,35H2,1-2H3. The third-order valence-electron chi connectivity index (χ3n) is 8.51. The Morgan fingerprint density at radius 1 is 0.488 bits per heavy atom. The van der Waals surface area contributed by atoms with Crippen molar-refractivity contribution in [2.24, 2.45) is 0 Å². The molecule has 0 aliphatic heterocycles. The van der Waals surface area contributed by atoms with Gasteiger partial charge in [0.05, 0.1) is 6.61 Å². The van der Waals surface area contributed by atoms with E-state index in [-0.39, 0.29) is 11.4 Å². The molecule has 0 heterocycles. The molecule has 0 saturated carbocycles. The smallest absolute Gasteiger partial charge is 0.311 e. The third kappa shape index (κ3) is 25.2. The van der Waals surface area contributed by atoms with Crippen molar-refractivity contribution in [2.45, 2.75) is 194 Å².